The minimum Gasteiger partial charge on any atom is -0.306 e. The Bertz CT molecular complexity index is 563. The predicted molar refractivity (Wildman–Crippen MR) is 82.6 cm³/mol. The molecule has 0 aromatic heterocycles. The number of nitrogens with zero attached hydrogens (tertiary/aromatic N) is 1. The molecule has 0 bridgehead atoms. The van der Waals surface area contributed by atoms with Gasteiger partial charge in [0.15, 0.2) is 0 Å². The van der Waals surface area contributed by atoms with Crippen LogP contribution < -0.4 is 4.72 Å². The van der Waals surface area contributed by atoms with E-state index in [0.717, 1.165) is 24.0 Å². The van der Waals surface area contributed by atoms with Crippen molar-refractivity contribution in [3.8, 4) is 0 Å². The molecule has 0 radical (unpaired) electrons. The lowest BCUT2D eigenvalue weighted by atomic mass is 10.1. The van der Waals surface area contributed by atoms with Gasteiger partial charge in [-0.05, 0) is 60.1 Å². The van der Waals surface area contributed by atoms with Crippen molar-refractivity contribution in [2.75, 3.05) is 26.7 Å². The quantitative estimate of drug-likeness (QED) is 0.827. The molecule has 106 valence electrons. The van der Waals surface area contributed by atoms with Gasteiger partial charge in [0.2, 0.25) is 10.0 Å². The van der Waals surface area contributed by atoms with E-state index in [-0.39, 0.29) is 4.90 Å². The molecule has 1 heterocycles. The molecule has 1 saturated heterocycles. The summed E-state index contributed by atoms with van der Waals surface area (Å²) in [6, 6.07) is 5.05. The number of hydrogen-bond donors (Lipinski definition) is 1. The van der Waals surface area contributed by atoms with Crippen molar-refractivity contribution in [1.29, 1.82) is 0 Å². The predicted octanol–water partition coefficient (Wildman–Crippen LogP) is 2.44. The fraction of sp³-hybridized carbons (Fsp3) is 0.500. The Kier molecular flexibility index (Phi) is 5.05. The number of rotatable bonds is 4. The minimum absolute atomic E-state index is 0.280. The van der Waals surface area contributed by atoms with Crippen molar-refractivity contribution >= 4 is 41.9 Å². The first-order chi connectivity index (χ1) is 8.88. The summed E-state index contributed by atoms with van der Waals surface area (Å²) in [7, 11) is -1.39. The van der Waals surface area contributed by atoms with Crippen molar-refractivity contribution in [1.82, 2.24) is 9.62 Å². The summed E-state index contributed by atoms with van der Waals surface area (Å²) >= 11 is 6.60. The third kappa shape index (κ3) is 4.01. The highest BCUT2D eigenvalue weighted by Gasteiger charge is 2.23. The molecule has 0 spiro atoms. The van der Waals surface area contributed by atoms with Crippen molar-refractivity contribution < 1.29 is 8.42 Å². The van der Waals surface area contributed by atoms with Crippen molar-refractivity contribution in [3.63, 3.8) is 0 Å². The van der Waals surface area contributed by atoms with Crippen LogP contribution in [-0.4, -0.2) is 40.0 Å². The van der Waals surface area contributed by atoms with Gasteiger partial charge in [-0.3, -0.25) is 0 Å². The number of likely N-dealkylation sites (tertiary alicyclic amines) is 1. The van der Waals surface area contributed by atoms with E-state index < -0.39 is 10.0 Å². The van der Waals surface area contributed by atoms with Crippen molar-refractivity contribution in [3.05, 3.63) is 27.1 Å². The fourth-order valence-corrected chi connectivity index (χ4v) is 5.05. The molecular weight excluding hydrogens is 396 g/mol. The molecule has 0 amide bonds. The second-order valence-electron chi connectivity index (χ2n) is 4.84. The SMILES string of the molecule is CN1CCC(CNS(=O)(=O)c2ccc(Br)cc2Br)C1. The van der Waals surface area contributed by atoms with Crippen LogP contribution >= 0.6 is 31.9 Å². The Morgan fingerprint density at radius 1 is 1.42 bits per heavy atom. The van der Waals surface area contributed by atoms with Gasteiger partial charge in [-0.2, -0.15) is 0 Å². The third-order valence-electron chi connectivity index (χ3n) is 3.23. The van der Waals surface area contributed by atoms with E-state index in [1.807, 2.05) is 0 Å². The summed E-state index contributed by atoms with van der Waals surface area (Å²) in [5.41, 5.74) is 0. The molecule has 1 atom stereocenters. The van der Waals surface area contributed by atoms with Crippen LogP contribution in [0.1, 0.15) is 6.42 Å². The summed E-state index contributed by atoms with van der Waals surface area (Å²) in [6.07, 6.45) is 1.04. The van der Waals surface area contributed by atoms with Gasteiger partial charge >= 0.3 is 0 Å². The van der Waals surface area contributed by atoms with Gasteiger partial charge in [-0.25, -0.2) is 13.1 Å². The zero-order chi connectivity index (χ0) is 14.0. The maximum atomic E-state index is 12.2. The molecule has 1 aliphatic rings. The first kappa shape index (κ1) is 15.4. The van der Waals surface area contributed by atoms with E-state index >= 15 is 0 Å². The van der Waals surface area contributed by atoms with Crippen LogP contribution in [-0.2, 0) is 10.0 Å². The topological polar surface area (TPSA) is 49.4 Å². The number of halogens is 2. The number of sulfonamides is 1. The van der Waals surface area contributed by atoms with Crippen molar-refractivity contribution in [2.45, 2.75) is 11.3 Å². The summed E-state index contributed by atoms with van der Waals surface area (Å²) in [6.45, 7) is 2.48. The third-order valence-corrected chi connectivity index (χ3v) is 6.13. The van der Waals surface area contributed by atoms with Gasteiger partial charge in [0, 0.05) is 22.0 Å². The van der Waals surface area contributed by atoms with E-state index in [1.54, 1.807) is 18.2 Å². The van der Waals surface area contributed by atoms with Crippen LogP contribution in [0.4, 0.5) is 0 Å². The molecule has 2 rings (SSSR count). The van der Waals surface area contributed by atoms with Gasteiger partial charge in [0.25, 0.3) is 0 Å². The van der Waals surface area contributed by atoms with E-state index in [9.17, 15) is 8.42 Å². The smallest absolute Gasteiger partial charge is 0.241 e. The zero-order valence-electron chi connectivity index (χ0n) is 10.6. The first-order valence-corrected chi connectivity index (χ1v) is 9.08. The average molecular weight is 412 g/mol. The van der Waals surface area contributed by atoms with Gasteiger partial charge in [-0.1, -0.05) is 15.9 Å². The highest BCUT2D eigenvalue weighted by molar-refractivity contribution is 9.11. The Morgan fingerprint density at radius 3 is 2.74 bits per heavy atom. The van der Waals surface area contributed by atoms with Gasteiger partial charge in [-0.15, -0.1) is 0 Å². The molecule has 0 saturated carbocycles. The lowest BCUT2D eigenvalue weighted by Gasteiger charge is -2.13. The molecule has 1 fully saturated rings. The van der Waals surface area contributed by atoms with Crippen LogP contribution in [0.3, 0.4) is 0 Å². The lowest BCUT2D eigenvalue weighted by molar-refractivity contribution is 0.394. The van der Waals surface area contributed by atoms with E-state index in [2.05, 4.69) is 48.5 Å². The summed E-state index contributed by atoms with van der Waals surface area (Å²) in [5.74, 6) is 0.397. The van der Waals surface area contributed by atoms with E-state index in [4.69, 9.17) is 0 Å². The Balaban J connectivity index is 2.06. The van der Waals surface area contributed by atoms with Crippen LogP contribution in [0.25, 0.3) is 0 Å². The highest BCUT2D eigenvalue weighted by atomic mass is 79.9. The van der Waals surface area contributed by atoms with Crippen LogP contribution in [0.2, 0.25) is 0 Å². The lowest BCUT2D eigenvalue weighted by Crippen LogP contribution is -2.30. The van der Waals surface area contributed by atoms with Crippen LogP contribution in [0.5, 0.6) is 0 Å². The maximum absolute atomic E-state index is 12.2. The highest BCUT2D eigenvalue weighted by Crippen LogP contribution is 2.25. The van der Waals surface area contributed by atoms with Crippen LogP contribution in [0, 0.1) is 5.92 Å². The molecular formula is C12H16Br2N2O2S. The second-order valence-corrected chi connectivity index (χ2v) is 8.35. The fourth-order valence-electron chi connectivity index (χ4n) is 2.19. The number of benzene rings is 1. The molecule has 4 nitrogen and oxygen atoms in total. The van der Waals surface area contributed by atoms with Gasteiger partial charge < -0.3 is 4.90 Å². The molecule has 19 heavy (non-hydrogen) atoms. The number of hydrogen-bond acceptors (Lipinski definition) is 3. The minimum atomic E-state index is -3.45. The van der Waals surface area contributed by atoms with Crippen molar-refractivity contribution in [2.24, 2.45) is 5.92 Å². The molecule has 1 aromatic carbocycles. The molecule has 1 aliphatic heterocycles. The molecule has 0 aliphatic carbocycles. The summed E-state index contributed by atoms with van der Waals surface area (Å²) in [5, 5.41) is 0. The van der Waals surface area contributed by atoms with Gasteiger partial charge in [0.1, 0.15) is 0 Å². The number of nitrogens with one attached hydrogen (secondary N) is 1. The molecule has 1 N–H and O–H groups in total. The monoisotopic (exact) mass is 410 g/mol. The second kappa shape index (κ2) is 6.22. The standard InChI is InChI=1S/C12H16Br2N2O2S/c1-16-5-4-9(8-16)7-15-19(17,18)12-3-2-10(13)6-11(12)14/h2-3,6,9,15H,4-5,7-8H2,1H3. The Labute approximate surface area is 130 Å². The van der Waals surface area contributed by atoms with Gasteiger partial charge in [0.05, 0.1) is 4.90 Å². The summed E-state index contributed by atoms with van der Waals surface area (Å²) < 4.78 is 28.6. The largest absolute Gasteiger partial charge is 0.306 e. The average Bonchev–Trinajstić information content (AvgIpc) is 2.72. The summed E-state index contributed by atoms with van der Waals surface area (Å²) in [4.78, 5) is 2.50. The normalized spacial score (nSPS) is 20.9. The zero-order valence-corrected chi connectivity index (χ0v) is 14.6. The van der Waals surface area contributed by atoms with Crippen LogP contribution in [0.15, 0.2) is 32.0 Å². The van der Waals surface area contributed by atoms with E-state index in [0.29, 0.717) is 16.9 Å². The molecule has 1 unspecified atom stereocenters. The Hall–Kier alpha value is 0.0500. The maximum Gasteiger partial charge on any atom is 0.241 e. The first-order valence-electron chi connectivity index (χ1n) is 6.02. The molecule has 7 heteroatoms. The molecule has 1 aromatic rings. The Morgan fingerprint density at radius 2 is 2.16 bits per heavy atom. The van der Waals surface area contributed by atoms with E-state index in [1.165, 1.54) is 0 Å².